The normalized spacial score (nSPS) is 12.0. The van der Waals surface area contributed by atoms with E-state index in [1.807, 2.05) is 25.1 Å². The molecule has 4 nitrogen and oxygen atoms in total. The number of ether oxygens (including phenoxy) is 1. The van der Waals surface area contributed by atoms with E-state index in [1.54, 1.807) is 7.11 Å². The van der Waals surface area contributed by atoms with Gasteiger partial charge in [-0.2, -0.15) is 0 Å². The largest absolute Gasteiger partial charge is 0.496 e. The maximum atomic E-state index is 11.6. The summed E-state index contributed by atoms with van der Waals surface area (Å²) in [6.07, 6.45) is 1.16. The van der Waals surface area contributed by atoms with E-state index in [0.29, 0.717) is 19.4 Å². The number of carbonyl (C=O) groups excluding carboxylic acids is 1. The van der Waals surface area contributed by atoms with Gasteiger partial charge in [0.05, 0.1) is 11.6 Å². The fraction of sp³-hybridized carbons (Fsp3) is 0.462. The first-order valence-corrected chi connectivity index (χ1v) is 6.68. The Kier molecular flexibility index (Phi) is 6.15. The van der Waals surface area contributed by atoms with Crippen LogP contribution in [0.15, 0.2) is 22.7 Å². The third kappa shape index (κ3) is 4.66. The summed E-state index contributed by atoms with van der Waals surface area (Å²) in [7, 11) is 1.63. The Morgan fingerprint density at radius 1 is 1.56 bits per heavy atom. The zero-order valence-corrected chi connectivity index (χ0v) is 12.3. The van der Waals surface area contributed by atoms with Crippen molar-refractivity contribution < 1.29 is 9.53 Å². The van der Waals surface area contributed by atoms with Crippen LogP contribution in [0.25, 0.3) is 0 Å². The fourth-order valence-electron chi connectivity index (χ4n) is 1.53. The molecule has 3 N–H and O–H groups in total. The molecule has 0 bridgehead atoms. The molecule has 1 aromatic rings. The van der Waals surface area contributed by atoms with Gasteiger partial charge in [0.15, 0.2) is 0 Å². The van der Waals surface area contributed by atoms with Gasteiger partial charge in [0, 0.05) is 19.0 Å². The second-order valence-corrected chi connectivity index (χ2v) is 5.03. The number of rotatable bonds is 6. The molecule has 100 valence electrons. The Morgan fingerprint density at radius 3 is 2.83 bits per heavy atom. The van der Waals surface area contributed by atoms with Crippen molar-refractivity contribution in [2.45, 2.75) is 25.8 Å². The maximum Gasteiger partial charge on any atom is 0.220 e. The van der Waals surface area contributed by atoms with Crippen molar-refractivity contribution in [2.24, 2.45) is 5.73 Å². The van der Waals surface area contributed by atoms with Crippen LogP contribution < -0.4 is 15.8 Å². The third-order valence-corrected chi connectivity index (χ3v) is 3.24. The number of amides is 1. The van der Waals surface area contributed by atoms with Crippen LogP contribution in [0.1, 0.15) is 18.9 Å². The quantitative estimate of drug-likeness (QED) is 0.842. The molecule has 0 fully saturated rings. The topological polar surface area (TPSA) is 64.3 Å². The van der Waals surface area contributed by atoms with Crippen LogP contribution in [0, 0.1) is 0 Å². The highest BCUT2D eigenvalue weighted by atomic mass is 79.9. The minimum absolute atomic E-state index is 0.0277. The van der Waals surface area contributed by atoms with Crippen LogP contribution in [0.3, 0.4) is 0 Å². The number of carbonyl (C=O) groups is 1. The number of halogens is 1. The van der Waals surface area contributed by atoms with Gasteiger partial charge < -0.3 is 15.8 Å². The van der Waals surface area contributed by atoms with Gasteiger partial charge in [-0.25, -0.2) is 0 Å². The zero-order valence-electron chi connectivity index (χ0n) is 10.7. The van der Waals surface area contributed by atoms with E-state index in [1.165, 1.54) is 0 Å². The lowest BCUT2D eigenvalue weighted by molar-refractivity contribution is -0.121. The van der Waals surface area contributed by atoms with Gasteiger partial charge >= 0.3 is 0 Å². The van der Waals surface area contributed by atoms with Crippen molar-refractivity contribution in [3.63, 3.8) is 0 Å². The van der Waals surface area contributed by atoms with Crippen LogP contribution in [-0.4, -0.2) is 25.6 Å². The predicted octanol–water partition coefficient (Wildman–Crippen LogP) is 1.85. The number of benzene rings is 1. The van der Waals surface area contributed by atoms with Gasteiger partial charge in [0.2, 0.25) is 5.91 Å². The molecular weight excluding hydrogens is 296 g/mol. The van der Waals surface area contributed by atoms with Crippen LogP contribution >= 0.6 is 15.9 Å². The molecule has 5 heteroatoms. The van der Waals surface area contributed by atoms with Crippen LogP contribution in [-0.2, 0) is 11.2 Å². The molecule has 0 radical (unpaired) electrons. The van der Waals surface area contributed by atoms with Gasteiger partial charge in [-0.05, 0) is 47.0 Å². The Bertz CT molecular complexity index is 410. The van der Waals surface area contributed by atoms with E-state index in [9.17, 15) is 4.79 Å². The molecule has 0 aliphatic carbocycles. The lowest BCUT2D eigenvalue weighted by Gasteiger charge is -2.11. The summed E-state index contributed by atoms with van der Waals surface area (Å²) in [5.41, 5.74) is 6.54. The highest BCUT2D eigenvalue weighted by molar-refractivity contribution is 9.10. The van der Waals surface area contributed by atoms with Crippen LogP contribution in [0.5, 0.6) is 5.75 Å². The monoisotopic (exact) mass is 314 g/mol. The Balaban J connectivity index is 2.48. The number of hydrogen-bond donors (Lipinski definition) is 2. The first-order valence-electron chi connectivity index (χ1n) is 5.88. The lowest BCUT2D eigenvalue weighted by atomic mass is 10.1. The van der Waals surface area contributed by atoms with E-state index in [0.717, 1.165) is 15.8 Å². The average molecular weight is 315 g/mol. The summed E-state index contributed by atoms with van der Waals surface area (Å²) in [5, 5.41) is 2.84. The number of hydrogen-bond acceptors (Lipinski definition) is 3. The first kappa shape index (κ1) is 15.0. The summed E-state index contributed by atoms with van der Waals surface area (Å²) in [5.74, 6) is 0.819. The molecule has 1 aromatic carbocycles. The summed E-state index contributed by atoms with van der Waals surface area (Å²) < 4.78 is 6.05. The highest BCUT2D eigenvalue weighted by Crippen LogP contribution is 2.25. The second-order valence-electron chi connectivity index (χ2n) is 4.17. The smallest absolute Gasteiger partial charge is 0.220 e. The summed E-state index contributed by atoms with van der Waals surface area (Å²) in [4.78, 5) is 11.6. The lowest BCUT2D eigenvalue weighted by Crippen LogP contribution is -2.37. The van der Waals surface area contributed by atoms with E-state index in [-0.39, 0.29) is 11.9 Å². The summed E-state index contributed by atoms with van der Waals surface area (Å²) >= 11 is 3.42. The Hall–Kier alpha value is -1.07. The van der Waals surface area contributed by atoms with Crippen molar-refractivity contribution in [3.05, 3.63) is 28.2 Å². The molecular formula is C13H19BrN2O2. The molecule has 0 aromatic heterocycles. The van der Waals surface area contributed by atoms with Gasteiger partial charge in [-0.3, -0.25) is 4.79 Å². The molecule has 0 aliphatic heterocycles. The zero-order chi connectivity index (χ0) is 13.5. The van der Waals surface area contributed by atoms with E-state index < -0.39 is 0 Å². The van der Waals surface area contributed by atoms with Crippen LogP contribution in [0.4, 0.5) is 0 Å². The minimum Gasteiger partial charge on any atom is -0.496 e. The third-order valence-electron chi connectivity index (χ3n) is 2.62. The molecule has 0 unspecified atom stereocenters. The molecule has 1 amide bonds. The highest BCUT2D eigenvalue weighted by Gasteiger charge is 2.07. The second kappa shape index (κ2) is 7.38. The van der Waals surface area contributed by atoms with Crippen molar-refractivity contribution in [1.82, 2.24) is 5.32 Å². The molecule has 0 aliphatic rings. The molecule has 0 saturated heterocycles. The van der Waals surface area contributed by atoms with Crippen molar-refractivity contribution in [3.8, 4) is 5.75 Å². The predicted molar refractivity (Wildman–Crippen MR) is 75.7 cm³/mol. The van der Waals surface area contributed by atoms with Crippen molar-refractivity contribution in [1.29, 1.82) is 0 Å². The molecule has 18 heavy (non-hydrogen) atoms. The van der Waals surface area contributed by atoms with Gasteiger partial charge in [0.25, 0.3) is 0 Å². The summed E-state index contributed by atoms with van der Waals surface area (Å²) in [6, 6.07) is 5.85. The van der Waals surface area contributed by atoms with Crippen molar-refractivity contribution >= 4 is 21.8 Å². The maximum absolute atomic E-state index is 11.6. The van der Waals surface area contributed by atoms with E-state index in [4.69, 9.17) is 10.5 Å². The fourth-order valence-corrected chi connectivity index (χ4v) is 2.12. The van der Waals surface area contributed by atoms with Gasteiger partial charge in [-0.15, -0.1) is 0 Å². The Morgan fingerprint density at radius 2 is 2.28 bits per heavy atom. The summed E-state index contributed by atoms with van der Waals surface area (Å²) in [6.45, 7) is 2.35. The molecule has 0 saturated carbocycles. The SMILES string of the molecule is COc1ccc(CCC(=O)N[C@@H](C)CN)cc1Br. The number of methoxy groups -OCH3 is 1. The standard InChI is InChI=1S/C13H19BrN2O2/c1-9(8-15)16-13(17)6-4-10-3-5-12(18-2)11(14)7-10/h3,5,7,9H,4,6,8,15H2,1-2H3,(H,16,17)/t9-/m0/s1. The van der Waals surface area contributed by atoms with Gasteiger partial charge in [-0.1, -0.05) is 6.07 Å². The van der Waals surface area contributed by atoms with Crippen LogP contribution in [0.2, 0.25) is 0 Å². The number of nitrogens with one attached hydrogen (secondary N) is 1. The molecule has 0 spiro atoms. The molecule has 1 atom stereocenters. The minimum atomic E-state index is 0.0277. The Labute approximate surface area is 116 Å². The average Bonchev–Trinajstić information content (AvgIpc) is 2.36. The molecule has 1 rings (SSSR count). The first-order chi connectivity index (χ1) is 8.56. The van der Waals surface area contributed by atoms with E-state index >= 15 is 0 Å². The van der Waals surface area contributed by atoms with Crippen molar-refractivity contribution in [2.75, 3.05) is 13.7 Å². The number of nitrogens with two attached hydrogens (primary N) is 1. The van der Waals surface area contributed by atoms with Gasteiger partial charge in [0.1, 0.15) is 5.75 Å². The molecule has 0 heterocycles. The number of aryl methyl sites for hydroxylation is 1. The van der Waals surface area contributed by atoms with E-state index in [2.05, 4.69) is 21.2 Å².